The van der Waals surface area contributed by atoms with E-state index in [-0.39, 0.29) is 12.5 Å². The SMILES string of the molecule is CC(C)(CC(=O)O)NC(=O)NCC1CCOC1. The Labute approximate surface area is 101 Å². The Bertz CT molecular complexity index is 285. The van der Waals surface area contributed by atoms with Gasteiger partial charge >= 0.3 is 12.0 Å². The van der Waals surface area contributed by atoms with Crippen LogP contribution in [0.15, 0.2) is 0 Å². The maximum absolute atomic E-state index is 11.5. The maximum Gasteiger partial charge on any atom is 0.315 e. The summed E-state index contributed by atoms with van der Waals surface area (Å²) in [4.78, 5) is 22.1. The molecule has 0 bridgehead atoms. The van der Waals surface area contributed by atoms with Gasteiger partial charge in [0.05, 0.1) is 13.0 Å². The zero-order valence-electron chi connectivity index (χ0n) is 10.3. The number of carbonyl (C=O) groups excluding carboxylic acids is 1. The van der Waals surface area contributed by atoms with Crippen LogP contribution in [0.2, 0.25) is 0 Å². The normalized spacial score (nSPS) is 20.0. The van der Waals surface area contributed by atoms with Gasteiger partial charge in [-0.3, -0.25) is 4.79 Å². The van der Waals surface area contributed by atoms with Crippen molar-refractivity contribution >= 4 is 12.0 Å². The maximum atomic E-state index is 11.5. The molecule has 0 aromatic carbocycles. The van der Waals surface area contributed by atoms with Crippen LogP contribution in [0, 0.1) is 5.92 Å². The first-order valence-electron chi connectivity index (χ1n) is 5.74. The Morgan fingerprint density at radius 1 is 1.47 bits per heavy atom. The number of carbonyl (C=O) groups is 2. The van der Waals surface area contributed by atoms with Crippen LogP contribution in [0.4, 0.5) is 4.79 Å². The van der Waals surface area contributed by atoms with Gasteiger partial charge in [-0.1, -0.05) is 0 Å². The van der Waals surface area contributed by atoms with Crippen molar-refractivity contribution in [3.8, 4) is 0 Å². The molecule has 1 fully saturated rings. The molecule has 1 heterocycles. The Hall–Kier alpha value is -1.30. The minimum atomic E-state index is -0.931. The van der Waals surface area contributed by atoms with Crippen LogP contribution >= 0.6 is 0 Å². The van der Waals surface area contributed by atoms with Crippen LogP contribution in [-0.2, 0) is 9.53 Å². The lowest BCUT2D eigenvalue weighted by Gasteiger charge is -2.24. The highest BCUT2D eigenvalue weighted by atomic mass is 16.5. The Morgan fingerprint density at radius 2 is 2.18 bits per heavy atom. The third kappa shape index (κ3) is 5.53. The molecule has 98 valence electrons. The molecule has 0 radical (unpaired) electrons. The number of hydrogen-bond donors (Lipinski definition) is 3. The van der Waals surface area contributed by atoms with Gasteiger partial charge in [0.1, 0.15) is 0 Å². The summed E-state index contributed by atoms with van der Waals surface area (Å²) in [5, 5.41) is 14.0. The molecular formula is C11H20N2O4. The molecule has 0 spiro atoms. The summed E-state index contributed by atoms with van der Waals surface area (Å²) in [7, 11) is 0. The molecule has 1 aliphatic heterocycles. The van der Waals surface area contributed by atoms with Crippen molar-refractivity contribution in [1.29, 1.82) is 0 Å². The van der Waals surface area contributed by atoms with Crippen LogP contribution in [0.25, 0.3) is 0 Å². The van der Waals surface area contributed by atoms with Gasteiger partial charge in [-0.25, -0.2) is 4.79 Å². The Morgan fingerprint density at radius 3 is 2.71 bits per heavy atom. The van der Waals surface area contributed by atoms with Gasteiger partial charge in [0, 0.05) is 24.6 Å². The van der Waals surface area contributed by atoms with Crippen molar-refractivity contribution in [2.75, 3.05) is 19.8 Å². The monoisotopic (exact) mass is 244 g/mol. The molecular weight excluding hydrogens is 224 g/mol. The highest BCUT2D eigenvalue weighted by Gasteiger charge is 2.24. The van der Waals surface area contributed by atoms with E-state index >= 15 is 0 Å². The lowest BCUT2D eigenvalue weighted by molar-refractivity contribution is -0.138. The number of aliphatic carboxylic acids is 1. The smallest absolute Gasteiger partial charge is 0.315 e. The van der Waals surface area contributed by atoms with E-state index in [0.717, 1.165) is 13.0 Å². The van der Waals surface area contributed by atoms with E-state index in [1.54, 1.807) is 13.8 Å². The predicted molar refractivity (Wildman–Crippen MR) is 61.8 cm³/mol. The number of rotatable bonds is 5. The molecule has 0 aromatic rings. The van der Waals surface area contributed by atoms with Crippen LogP contribution in [0.3, 0.4) is 0 Å². The van der Waals surface area contributed by atoms with E-state index in [4.69, 9.17) is 9.84 Å². The van der Waals surface area contributed by atoms with E-state index in [2.05, 4.69) is 10.6 Å². The summed E-state index contributed by atoms with van der Waals surface area (Å²) >= 11 is 0. The molecule has 0 aliphatic carbocycles. The Balaban J connectivity index is 2.25. The molecule has 1 unspecified atom stereocenters. The number of hydrogen-bond acceptors (Lipinski definition) is 3. The first-order valence-corrected chi connectivity index (χ1v) is 5.74. The van der Waals surface area contributed by atoms with Crippen LogP contribution < -0.4 is 10.6 Å². The summed E-state index contributed by atoms with van der Waals surface area (Å²) in [6.45, 7) is 5.35. The third-order valence-electron chi connectivity index (χ3n) is 2.62. The quantitative estimate of drug-likeness (QED) is 0.660. The van der Waals surface area contributed by atoms with E-state index in [1.165, 1.54) is 0 Å². The number of urea groups is 1. The zero-order chi connectivity index (χ0) is 12.9. The van der Waals surface area contributed by atoms with Gasteiger partial charge in [-0.15, -0.1) is 0 Å². The van der Waals surface area contributed by atoms with Crippen molar-refractivity contribution < 1.29 is 19.4 Å². The Kier molecular flexibility index (Phi) is 4.74. The van der Waals surface area contributed by atoms with E-state index < -0.39 is 11.5 Å². The second kappa shape index (κ2) is 5.86. The van der Waals surface area contributed by atoms with E-state index in [1.807, 2.05) is 0 Å². The number of ether oxygens (including phenoxy) is 1. The second-order valence-electron chi connectivity index (χ2n) is 5.02. The van der Waals surface area contributed by atoms with Crippen LogP contribution in [-0.4, -0.2) is 42.4 Å². The summed E-state index contributed by atoms with van der Waals surface area (Å²) in [6.07, 6.45) is 0.853. The topological polar surface area (TPSA) is 87.7 Å². The number of carboxylic acids is 1. The number of nitrogens with one attached hydrogen (secondary N) is 2. The molecule has 1 aliphatic rings. The fourth-order valence-electron chi connectivity index (χ4n) is 1.76. The minimum Gasteiger partial charge on any atom is -0.481 e. The summed E-state index contributed by atoms with van der Waals surface area (Å²) in [5.41, 5.74) is -0.748. The molecule has 17 heavy (non-hydrogen) atoms. The molecule has 0 saturated carbocycles. The van der Waals surface area contributed by atoms with Crippen molar-refractivity contribution in [2.24, 2.45) is 5.92 Å². The van der Waals surface area contributed by atoms with Crippen LogP contribution in [0.1, 0.15) is 26.7 Å². The average Bonchev–Trinajstić information content (AvgIpc) is 2.63. The first-order chi connectivity index (χ1) is 7.89. The molecule has 1 saturated heterocycles. The van der Waals surface area contributed by atoms with E-state index in [0.29, 0.717) is 19.1 Å². The predicted octanol–water partition coefficient (Wildman–Crippen LogP) is 0.575. The molecule has 1 atom stereocenters. The highest BCUT2D eigenvalue weighted by molar-refractivity contribution is 5.76. The van der Waals surface area contributed by atoms with Gasteiger partial charge < -0.3 is 20.5 Å². The van der Waals surface area contributed by atoms with Gasteiger partial charge in [0.2, 0.25) is 0 Å². The molecule has 6 nitrogen and oxygen atoms in total. The van der Waals surface area contributed by atoms with E-state index in [9.17, 15) is 9.59 Å². The van der Waals surface area contributed by atoms with Crippen LogP contribution in [0.5, 0.6) is 0 Å². The standard InChI is InChI=1S/C11H20N2O4/c1-11(2,5-9(14)15)13-10(16)12-6-8-3-4-17-7-8/h8H,3-7H2,1-2H3,(H,14,15)(H2,12,13,16). The number of amides is 2. The molecule has 3 N–H and O–H groups in total. The summed E-state index contributed by atoms with van der Waals surface area (Å²) < 4.78 is 5.19. The summed E-state index contributed by atoms with van der Waals surface area (Å²) in [6, 6.07) is -0.330. The zero-order valence-corrected chi connectivity index (χ0v) is 10.3. The minimum absolute atomic E-state index is 0.104. The average molecular weight is 244 g/mol. The fourth-order valence-corrected chi connectivity index (χ4v) is 1.76. The van der Waals surface area contributed by atoms with Crippen molar-refractivity contribution in [2.45, 2.75) is 32.2 Å². The second-order valence-corrected chi connectivity index (χ2v) is 5.02. The largest absolute Gasteiger partial charge is 0.481 e. The van der Waals surface area contributed by atoms with Gasteiger partial charge in [-0.2, -0.15) is 0 Å². The fraction of sp³-hybridized carbons (Fsp3) is 0.818. The number of carboxylic acid groups (broad SMARTS) is 1. The van der Waals surface area contributed by atoms with Gasteiger partial charge in [-0.05, 0) is 20.3 Å². The molecule has 2 amide bonds. The van der Waals surface area contributed by atoms with Gasteiger partial charge in [0.15, 0.2) is 0 Å². The molecule has 0 aromatic heterocycles. The third-order valence-corrected chi connectivity index (χ3v) is 2.62. The lowest BCUT2D eigenvalue weighted by atomic mass is 10.0. The van der Waals surface area contributed by atoms with Crippen molar-refractivity contribution in [3.63, 3.8) is 0 Å². The molecule has 1 rings (SSSR count). The highest BCUT2D eigenvalue weighted by Crippen LogP contribution is 2.11. The van der Waals surface area contributed by atoms with Crippen molar-refractivity contribution in [1.82, 2.24) is 10.6 Å². The van der Waals surface area contributed by atoms with Gasteiger partial charge in [0.25, 0.3) is 0 Å². The molecule has 6 heteroatoms. The lowest BCUT2D eigenvalue weighted by Crippen LogP contribution is -2.50. The van der Waals surface area contributed by atoms with Crippen molar-refractivity contribution in [3.05, 3.63) is 0 Å². The first kappa shape index (κ1) is 13.8. The summed E-state index contributed by atoms with van der Waals surface area (Å²) in [5.74, 6) is -0.567.